The van der Waals surface area contributed by atoms with Crippen molar-refractivity contribution in [3.63, 3.8) is 0 Å². The zero-order valence-electron chi connectivity index (χ0n) is 12.4. The third kappa shape index (κ3) is 2.59. The molecule has 1 saturated carbocycles. The second-order valence-corrected chi connectivity index (χ2v) is 6.03. The van der Waals surface area contributed by atoms with Gasteiger partial charge in [0.05, 0.1) is 11.2 Å². The molecule has 20 heavy (non-hydrogen) atoms. The summed E-state index contributed by atoms with van der Waals surface area (Å²) < 4.78 is 2.10. The van der Waals surface area contributed by atoms with Crippen molar-refractivity contribution in [2.75, 3.05) is 0 Å². The van der Waals surface area contributed by atoms with Crippen LogP contribution in [-0.4, -0.2) is 15.8 Å². The minimum atomic E-state index is 0.350. The van der Waals surface area contributed by atoms with E-state index in [0.29, 0.717) is 6.04 Å². The number of rotatable bonds is 5. The van der Waals surface area contributed by atoms with Crippen molar-refractivity contribution in [3.05, 3.63) is 30.0 Å². The van der Waals surface area contributed by atoms with Crippen molar-refractivity contribution in [2.45, 2.75) is 58.0 Å². The lowest BCUT2D eigenvalue weighted by atomic mass is 9.94. The molecule has 1 fully saturated rings. The molecule has 0 saturated heterocycles. The molecule has 0 spiro atoms. The number of aromatic nitrogens is 2. The van der Waals surface area contributed by atoms with Crippen molar-refractivity contribution in [3.8, 4) is 0 Å². The molecule has 108 valence electrons. The van der Waals surface area contributed by atoms with E-state index in [-0.39, 0.29) is 0 Å². The van der Waals surface area contributed by atoms with Crippen molar-refractivity contribution in [1.82, 2.24) is 9.78 Å². The predicted octanol–water partition coefficient (Wildman–Crippen LogP) is 3.51. The third-order valence-electron chi connectivity index (χ3n) is 4.75. The number of benzene rings is 1. The van der Waals surface area contributed by atoms with E-state index in [1.807, 2.05) is 0 Å². The molecule has 0 radical (unpaired) electrons. The lowest BCUT2D eigenvalue weighted by Crippen LogP contribution is -2.28. The Morgan fingerprint density at radius 2 is 2.05 bits per heavy atom. The van der Waals surface area contributed by atoms with Crippen molar-refractivity contribution in [2.24, 2.45) is 11.7 Å². The fraction of sp³-hybridized carbons (Fsp3) is 0.588. The number of para-hydroxylation sites is 1. The Bertz CT molecular complexity index is 567. The van der Waals surface area contributed by atoms with Gasteiger partial charge in [-0.15, -0.1) is 0 Å². The van der Waals surface area contributed by atoms with Gasteiger partial charge in [0.1, 0.15) is 0 Å². The molecule has 1 unspecified atom stereocenters. The maximum atomic E-state index is 6.38. The number of hydrogen-bond acceptors (Lipinski definition) is 2. The van der Waals surface area contributed by atoms with E-state index in [9.17, 15) is 0 Å². The van der Waals surface area contributed by atoms with Crippen LogP contribution in [-0.2, 0) is 13.0 Å². The number of fused-ring (bicyclic) bond motifs is 1. The minimum absolute atomic E-state index is 0.350. The highest BCUT2D eigenvalue weighted by molar-refractivity contribution is 5.81. The molecule has 2 N–H and O–H groups in total. The van der Waals surface area contributed by atoms with E-state index in [0.717, 1.165) is 25.3 Å². The van der Waals surface area contributed by atoms with Crippen molar-refractivity contribution >= 4 is 10.9 Å². The summed E-state index contributed by atoms with van der Waals surface area (Å²) in [6.45, 7) is 3.07. The molecule has 1 aliphatic carbocycles. The van der Waals surface area contributed by atoms with Gasteiger partial charge >= 0.3 is 0 Å². The van der Waals surface area contributed by atoms with Crippen LogP contribution in [0.25, 0.3) is 10.9 Å². The fourth-order valence-electron chi connectivity index (χ4n) is 3.55. The summed E-state index contributed by atoms with van der Waals surface area (Å²) in [7, 11) is 0. The third-order valence-corrected chi connectivity index (χ3v) is 4.75. The van der Waals surface area contributed by atoms with Gasteiger partial charge in [-0.05, 0) is 44.6 Å². The molecule has 0 amide bonds. The lowest BCUT2D eigenvalue weighted by Gasteiger charge is -2.18. The average Bonchev–Trinajstić information content (AvgIpc) is 3.13. The number of aryl methyl sites for hydroxylation is 2. The maximum absolute atomic E-state index is 6.38. The van der Waals surface area contributed by atoms with Crippen LogP contribution in [0.3, 0.4) is 0 Å². The first-order valence-corrected chi connectivity index (χ1v) is 7.99. The molecule has 3 rings (SSSR count). The Balaban J connectivity index is 1.74. The summed E-state index contributed by atoms with van der Waals surface area (Å²) in [5, 5.41) is 6.07. The van der Waals surface area contributed by atoms with Gasteiger partial charge in [0.15, 0.2) is 0 Å². The van der Waals surface area contributed by atoms with Gasteiger partial charge in [-0.3, -0.25) is 4.68 Å². The molecule has 1 atom stereocenters. The van der Waals surface area contributed by atoms with Crippen LogP contribution < -0.4 is 5.73 Å². The number of nitrogens with zero attached hydrogens (tertiary/aromatic N) is 2. The Morgan fingerprint density at radius 1 is 1.30 bits per heavy atom. The normalized spacial score (nSPS) is 17.9. The highest BCUT2D eigenvalue weighted by atomic mass is 15.3. The smallest absolute Gasteiger partial charge is 0.0703 e. The Hall–Kier alpha value is -1.35. The summed E-state index contributed by atoms with van der Waals surface area (Å²) in [5.74, 6) is 0.745. The quantitative estimate of drug-likeness (QED) is 0.904. The van der Waals surface area contributed by atoms with Gasteiger partial charge in [-0.2, -0.15) is 5.10 Å². The van der Waals surface area contributed by atoms with E-state index in [4.69, 9.17) is 10.8 Å². The first-order valence-electron chi connectivity index (χ1n) is 7.99. The van der Waals surface area contributed by atoms with Crippen molar-refractivity contribution < 1.29 is 0 Å². The lowest BCUT2D eigenvalue weighted by molar-refractivity contribution is 0.408. The van der Waals surface area contributed by atoms with Crippen LogP contribution in [0.5, 0.6) is 0 Å². The summed E-state index contributed by atoms with van der Waals surface area (Å²) in [6.07, 6.45) is 7.45. The SMILES string of the molecule is CCn1nc(CCC(N)C2CCCC2)c2ccccc21. The van der Waals surface area contributed by atoms with Crippen LogP contribution in [0.2, 0.25) is 0 Å². The number of hydrogen-bond donors (Lipinski definition) is 1. The van der Waals surface area contributed by atoms with E-state index in [1.54, 1.807) is 0 Å². The Kier molecular flexibility index (Phi) is 4.06. The van der Waals surface area contributed by atoms with Crippen LogP contribution in [0.1, 0.15) is 44.7 Å². The second kappa shape index (κ2) is 5.96. The molecule has 3 heteroatoms. The van der Waals surface area contributed by atoms with E-state index < -0.39 is 0 Å². The van der Waals surface area contributed by atoms with Crippen LogP contribution in [0, 0.1) is 5.92 Å². The molecule has 3 nitrogen and oxygen atoms in total. The maximum Gasteiger partial charge on any atom is 0.0703 e. The molecule has 1 aromatic carbocycles. The van der Waals surface area contributed by atoms with E-state index in [2.05, 4.69) is 35.9 Å². The molecule has 1 heterocycles. The number of nitrogens with two attached hydrogens (primary N) is 1. The molecule has 1 aromatic heterocycles. The van der Waals surface area contributed by atoms with Crippen molar-refractivity contribution in [1.29, 1.82) is 0 Å². The summed E-state index contributed by atoms with van der Waals surface area (Å²) in [6, 6.07) is 8.88. The molecular weight excluding hydrogens is 246 g/mol. The van der Waals surface area contributed by atoms with Crippen LogP contribution in [0.15, 0.2) is 24.3 Å². The highest BCUT2D eigenvalue weighted by Gasteiger charge is 2.22. The first-order chi connectivity index (χ1) is 9.79. The first kappa shape index (κ1) is 13.6. The monoisotopic (exact) mass is 271 g/mol. The van der Waals surface area contributed by atoms with Gasteiger partial charge < -0.3 is 5.73 Å². The van der Waals surface area contributed by atoms with Gasteiger partial charge in [0.25, 0.3) is 0 Å². The topological polar surface area (TPSA) is 43.8 Å². The molecule has 0 aliphatic heterocycles. The predicted molar refractivity (Wildman–Crippen MR) is 83.7 cm³/mol. The van der Waals surface area contributed by atoms with Gasteiger partial charge in [0, 0.05) is 18.0 Å². The highest BCUT2D eigenvalue weighted by Crippen LogP contribution is 2.29. The molecular formula is C17H25N3. The summed E-state index contributed by atoms with van der Waals surface area (Å²) in [5.41, 5.74) is 8.84. The largest absolute Gasteiger partial charge is 0.327 e. The van der Waals surface area contributed by atoms with Gasteiger partial charge in [0.2, 0.25) is 0 Å². The van der Waals surface area contributed by atoms with Crippen LogP contribution in [0.4, 0.5) is 0 Å². The molecule has 2 aromatic rings. The minimum Gasteiger partial charge on any atom is -0.327 e. The van der Waals surface area contributed by atoms with Gasteiger partial charge in [-0.1, -0.05) is 31.0 Å². The molecule has 1 aliphatic rings. The zero-order chi connectivity index (χ0) is 13.9. The molecule has 0 bridgehead atoms. The standard InChI is InChI=1S/C17H25N3/c1-2-20-17-10-6-5-9-14(17)16(19-20)12-11-15(18)13-7-3-4-8-13/h5-6,9-10,13,15H,2-4,7-8,11-12,18H2,1H3. The van der Waals surface area contributed by atoms with E-state index >= 15 is 0 Å². The Labute approximate surface area is 121 Å². The summed E-state index contributed by atoms with van der Waals surface area (Å²) in [4.78, 5) is 0. The van der Waals surface area contributed by atoms with Crippen LogP contribution >= 0.6 is 0 Å². The van der Waals surface area contributed by atoms with Gasteiger partial charge in [-0.25, -0.2) is 0 Å². The second-order valence-electron chi connectivity index (χ2n) is 6.03. The Morgan fingerprint density at radius 3 is 2.80 bits per heavy atom. The fourth-order valence-corrected chi connectivity index (χ4v) is 3.55. The zero-order valence-corrected chi connectivity index (χ0v) is 12.4. The average molecular weight is 271 g/mol. The summed E-state index contributed by atoms with van der Waals surface area (Å²) >= 11 is 0. The van der Waals surface area contributed by atoms with E-state index in [1.165, 1.54) is 42.3 Å².